The molecule has 0 aliphatic carbocycles. The first kappa shape index (κ1) is 21.0. The van der Waals surface area contributed by atoms with Crippen molar-refractivity contribution < 1.29 is 22.7 Å². The summed E-state index contributed by atoms with van der Waals surface area (Å²) < 4.78 is 44.0. The van der Waals surface area contributed by atoms with Crippen LogP contribution in [0.3, 0.4) is 0 Å². The van der Waals surface area contributed by atoms with Crippen molar-refractivity contribution in [1.82, 2.24) is 15.0 Å². The van der Waals surface area contributed by atoms with Crippen LogP contribution >= 0.6 is 0 Å². The van der Waals surface area contributed by atoms with E-state index in [9.17, 15) is 18.0 Å². The molecule has 2 aromatic carbocycles. The molecule has 6 nitrogen and oxygen atoms in total. The van der Waals surface area contributed by atoms with Gasteiger partial charge in [-0.25, -0.2) is 15.0 Å². The number of rotatable bonds is 5. The molecule has 2 heterocycles. The van der Waals surface area contributed by atoms with Gasteiger partial charge in [-0.05, 0) is 60.7 Å². The second-order valence-corrected chi connectivity index (χ2v) is 6.61. The Morgan fingerprint density at radius 1 is 0.906 bits per heavy atom. The fraction of sp³-hybridized carbons (Fsp3) is 0.0435. The molecular weight excluding hydrogens is 421 g/mol. The van der Waals surface area contributed by atoms with Crippen molar-refractivity contribution in [3.8, 4) is 22.9 Å². The summed E-state index contributed by atoms with van der Waals surface area (Å²) in [7, 11) is 0. The van der Waals surface area contributed by atoms with Gasteiger partial charge in [0.1, 0.15) is 12.1 Å². The lowest BCUT2D eigenvalue weighted by Crippen LogP contribution is -2.12. The van der Waals surface area contributed by atoms with Gasteiger partial charge in [-0.2, -0.15) is 13.2 Å². The van der Waals surface area contributed by atoms with Crippen LogP contribution in [-0.2, 0) is 6.18 Å². The summed E-state index contributed by atoms with van der Waals surface area (Å²) in [5.41, 5.74) is 0.988. The number of carbonyl (C=O) groups is 1. The second kappa shape index (κ2) is 8.84. The maximum Gasteiger partial charge on any atom is 0.416 e. The Morgan fingerprint density at radius 3 is 2.44 bits per heavy atom. The zero-order valence-corrected chi connectivity index (χ0v) is 16.4. The third kappa shape index (κ3) is 4.89. The number of aromatic nitrogens is 3. The van der Waals surface area contributed by atoms with E-state index < -0.39 is 17.6 Å². The molecular formula is C23H15F3N4O2. The van der Waals surface area contributed by atoms with Crippen LogP contribution in [0.2, 0.25) is 0 Å². The molecule has 0 spiro atoms. The molecule has 0 saturated heterocycles. The fourth-order valence-corrected chi connectivity index (χ4v) is 2.88. The van der Waals surface area contributed by atoms with Crippen LogP contribution in [0.25, 0.3) is 11.3 Å². The minimum absolute atomic E-state index is 0.241. The molecule has 4 aromatic rings. The van der Waals surface area contributed by atoms with Gasteiger partial charge in [0.15, 0.2) is 0 Å². The Balaban J connectivity index is 1.52. The summed E-state index contributed by atoms with van der Waals surface area (Å²) in [5.74, 6) is 0.165. The maximum atomic E-state index is 12.7. The van der Waals surface area contributed by atoms with Gasteiger partial charge in [0.25, 0.3) is 5.91 Å². The Kier molecular flexibility index (Phi) is 5.80. The predicted molar refractivity (Wildman–Crippen MR) is 111 cm³/mol. The van der Waals surface area contributed by atoms with E-state index in [0.29, 0.717) is 22.9 Å². The van der Waals surface area contributed by atoms with Crippen molar-refractivity contribution in [2.24, 2.45) is 0 Å². The van der Waals surface area contributed by atoms with Crippen molar-refractivity contribution in [2.45, 2.75) is 6.18 Å². The normalized spacial score (nSPS) is 11.1. The number of benzene rings is 2. The zero-order valence-electron chi connectivity index (χ0n) is 16.4. The molecule has 0 atom stereocenters. The van der Waals surface area contributed by atoms with Gasteiger partial charge in [0.05, 0.1) is 16.8 Å². The largest absolute Gasteiger partial charge is 0.438 e. The van der Waals surface area contributed by atoms with Crippen LogP contribution in [-0.4, -0.2) is 20.9 Å². The number of ether oxygens (including phenoxy) is 1. The van der Waals surface area contributed by atoms with E-state index in [1.54, 1.807) is 48.8 Å². The Labute approximate surface area is 180 Å². The van der Waals surface area contributed by atoms with E-state index in [2.05, 4.69) is 20.3 Å². The van der Waals surface area contributed by atoms with Gasteiger partial charge in [0.2, 0.25) is 5.88 Å². The first-order valence-electron chi connectivity index (χ1n) is 9.38. The van der Waals surface area contributed by atoms with E-state index in [-0.39, 0.29) is 11.3 Å². The monoisotopic (exact) mass is 436 g/mol. The highest BCUT2D eigenvalue weighted by molar-refractivity contribution is 6.04. The predicted octanol–water partition coefficient (Wildman–Crippen LogP) is 5.60. The third-order valence-corrected chi connectivity index (χ3v) is 4.41. The number of amides is 1. The van der Waals surface area contributed by atoms with E-state index in [0.717, 1.165) is 12.1 Å². The van der Waals surface area contributed by atoms with E-state index in [1.807, 2.05) is 0 Å². The lowest BCUT2D eigenvalue weighted by Gasteiger charge is -2.11. The van der Waals surface area contributed by atoms with Crippen molar-refractivity contribution in [2.75, 3.05) is 5.32 Å². The zero-order chi connectivity index (χ0) is 22.6. The number of hydrogen-bond acceptors (Lipinski definition) is 5. The molecule has 0 saturated carbocycles. The maximum absolute atomic E-state index is 12.7. The highest BCUT2D eigenvalue weighted by atomic mass is 19.4. The molecule has 2 aromatic heterocycles. The number of halogens is 3. The number of nitrogens with zero attached hydrogens (tertiary/aromatic N) is 3. The van der Waals surface area contributed by atoms with Gasteiger partial charge < -0.3 is 10.1 Å². The number of carbonyl (C=O) groups excluding carboxylic acids is 1. The summed E-state index contributed by atoms with van der Waals surface area (Å²) >= 11 is 0. The Morgan fingerprint density at radius 2 is 1.72 bits per heavy atom. The Hall–Kier alpha value is -4.27. The van der Waals surface area contributed by atoms with Crippen molar-refractivity contribution in [1.29, 1.82) is 0 Å². The molecule has 1 amide bonds. The number of alkyl halides is 3. The van der Waals surface area contributed by atoms with Crippen LogP contribution in [0.15, 0.2) is 85.5 Å². The summed E-state index contributed by atoms with van der Waals surface area (Å²) in [5, 5.41) is 2.57. The summed E-state index contributed by atoms with van der Waals surface area (Å²) in [6, 6.07) is 15.8. The van der Waals surface area contributed by atoms with E-state index in [1.165, 1.54) is 24.5 Å². The number of hydrogen-bond donors (Lipinski definition) is 1. The van der Waals surface area contributed by atoms with Crippen LogP contribution in [0.5, 0.6) is 11.6 Å². The summed E-state index contributed by atoms with van der Waals surface area (Å²) in [6.45, 7) is 0. The molecule has 0 radical (unpaired) electrons. The molecule has 160 valence electrons. The molecule has 0 bridgehead atoms. The average Bonchev–Trinajstić information content (AvgIpc) is 2.80. The second-order valence-electron chi connectivity index (χ2n) is 6.61. The van der Waals surface area contributed by atoms with Crippen LogP contribution in [0.4, 0.5) is 18.9 Å². The van der Waals surface area contributed by atoms with E-state index in [4.69, 9.17) is 4.74 Å². The number of nitrogens with one attached hydrogen (secondary N) is 1. The number of anilines is 1. The van der Waals surface area contributed by atoms with Crippen molar-refractivity contribution in [3.63, 3.8) is 0 Å². The standard InChI is InChI=1S/C23H15F3N4O2/c24-23(25,26)16-6-8-17(9-7-16)30-21(31)15-3-1-4-18(13-15)32-22-19(5-2-11-28-22)20-10-12-27-14-29-20/h1-14H,(H,30,31). The van der Waals surface area contributed by atoms with Crippen molar-refractivity contribution >= 4 is 11.6 Å². The average molecular weight is 436 g/mol. The smallest absolute Gasteiger partial charge is 0.416 e. The lowest BCUT2D eigenvalue weighted by atomic mass is 10.1. The Bertz CT molecular complexity index is 1230. The lowest BCUT2D eigenvalue weighted by molar-refractivity contribution is -0.137. The van der Waals surface area contributed by atoms with Gasteiger partial charge in [-0.3, -0.25) is 4.79 Å². The topological polar surface area (TPSA) is 77.0 Å². The minimum Gasteiger partial charge on any atom is -0.438 e. The molecule has 4 rings (SSSR count). The summed E-state index contributed by atoms with van der Waals surface area (Å²) in [4.78, 5) is 24.9. The van der Waals surface area contributed by atoms with Crippen LogP contribution < -0.4 is 10.1 Å². The third-order valence-electron chi connectivity index (χ3n) is 4.41. The van der Waals surface area contributed by atoms with Crippen LogP contribution in [0.1, 0.15) is 15.9 Å². The molecule has 1 N–H and O–H groups in total. The molecule has 0 unspecified atom stereocenters. The summed E-state index contributed by atoms with van der Waals surface area (Å²) in [6.07, 6.45) is 0.148. The molecule has 0 fully saturated rings. The fourth-order valence-electron chi connectivity index (χ4n) is 2.88. The molecule has 32 heavy (non-hydrogen) atoms. The highest BCUT2D eigenvalue weighted by Gasteiger charge is 2.30. The number of pyridine rings is 1. The van der Waals surface area contributed by atoms with Crippen molar-refractivity contribution in [3.05, 3.63) is 96.6 Å². The van der Waals surface area contributed by atoms with Gasteiger partial charge in [-0.15, -0.1) is 0 Å². The molecule has 9 heteroatoms. The quantitative estimate of drug-likeness (QED) is 0.441. The van der Waals surface area contributed by atoms with E-state index >= 15 is 0 Å². The minimum atomic E-state index is -4.44. The highest BCUT2D eigenvalue weighted by Crippen LogP contribution is 2.31. The molecule has 0 aliphatic heterocycles. The molecule has 0 aliphatic rings. The van der Waals surface area contributed by atoms with Gasteiger partial charge in [-0.1, -0.05) is 6.07 Å². The first-order chi connectivity index (χ1) is 15.4. The van der Waals surface area contributed by atoms with Crippen LogP contribution in [0, 0.1) is 0 Å². The van der Waals surface area contributed by atoms with Gasteiger partial charge >= 0.3 is 6.18 Å². The van der Waals surface area contributed by atoms with Gasteiger partial charge in [0, 0.05) is 23.6 Å². The SMILES string of the molecule is O=C(Nc1ccc(C(F)(F)F)cc1)c1cccc(Oc2ncccc2-c2ccncn2)c1. The first-order valence-corrected chi connectivity index (χ1v) is 9.38.